The molecule has 1 aliphatic heterocycles. The number of halogens is 1. The predicted octanol–water partition coefficient (Wildman–Crippen LogP) is 6.45. The third kappa shape index (κ3) is 4.21. The highest BCUT2D eigenvalue weighted by Gasteiger charge is 2.36. The van der Waals surface area contributed by atoms with E-state index in [9.17, 15) is 9.18 Å². The molecule has 0 saturated heterocycles. The van der Waals surface area contributed by atoms with Crippen molar-refractivity contribution in [2.24, 2.45) is 0 Å². The SMILES string of the molecule is CCc1ccc(-c2noc(C3=C(C)N(c4ccc(C)c(F)c4)C(=O)NC3c3ccccc3)n2)cc1. The molecule has 6 nitrogen and oxygen atoms in total. The fourth-order valence-corrected chi connectivity index (χ4v) is 4.29. The first-order valence-electron chi connectivity index (χ1n) is 11.5. The third-order valence-corrected chi connectivity index (χ3v) is 6.31. The van der Waals surface area contributed by atoms with Crippen molar-refractivity contribution in [3.05, 3.63) is 107 Å². The van der Waals surface area contributed by atoms with Crippen LogP contribution in [-0.4, -0.2) is 16.2 Å². The number of carbonyl (C=O) groups excluding carboxylic acids is 1. The van der Waals surface area contributed by atoms with Crippen molar-refractivity contribution in [2.75, 3.05) is 4.90 Å². The van der Waals surface area contributed by atoms with Gasteiger partial charge in [-0.15, -0.1) is 0 Å². The molecule has 1 unspecified atom stereocenters. The molecule has 0 spiro atoms. The Morgan fingerprint density at radius 3 is 2.46 bits per heavy atom. The second-order valence-electron chi connectivity index (χ2n) is 8.53. The second kappa shape index (κ2) is 9.18. The maximum absolute atomic E-state index is 14.4. The van der Waals surface area contributed by atoms with E-state index in [1.165, 1.54) is 16.5 Å². The van der Waals surface area contributed by atoms with Crippen molar-refractivity contribution in [1.82, 2.24) is 15.5 Å². The molecule has 5 rings (SSSR count). The van der Waals surface area contributed by atoms with Gasteiger partial charge in [0.25, 0.3) is 5.89 Å². The highest BCUT2D eigenvalue weighted by atomic mass is 19.1. The zero-order valence-corrected chi connectivity index (χ0v) is 19.7. The molecule has 176 valence electrons. The van der Waals surface area contributed by atoms with Crippen LogP contribution >= 0.6 is 0 Å². The highest BCUT2D eigenvalue weighted by molar-refractivity contribution is 6.01. The van der Waals surface area contributed by atoms with Gasteiger partial charge in [-0.25, -0.2) is 9.18 Å². The van der Waals surface area contributed by atoms with Crippen LogP contribution in [0.15, 0.2) is 83.0 Å². The van der Waals surface area contributed by atoms with E-state index >= 15 is 0 Å². The first kappa shape index (κ1) is 22.5. The normalized spacial score (nSPS) is 15.9. The number of aromatic nitrogens is 2. The highest BCUT2D eigenvalue weighted by Crippen LogP contribution is 2.39. The lowest BCUT2D eigenvalue weighted by Gasteiger charge is -2.35. The maximum Gasteiger partial charge on any atom is 0.327 e. The minimum Gasteiger partial charge on any atom is -0.334 e. The van der Waals surface area contributed by atoms with E-state index in [0.29, 0.717) is 34.2 Å². The first-order valence-corrected chi connectivity index (χ1v) is 11.5. The van der Waals surface area contributed by atoms with Crippen LogP contribution in [0.3, 0.4) is 0 Å². The summed E-state index contributed by atoms with van der Waals surface area (Å²) in [6.07, 6.45) is 0.942. The molecule has 0 fully saturated rings. The zero-order valence-electron chi connectivity index (χ0n) is 19.7. The molecular weight excluding hydrogens is 443 g/mol. The van der Waals surface area contributed by atoms with Gasteiger partial charge >= 0.3 is 6.03 Å². The lowest BCUT2D eigenvalue weighted by atomic mass is 9.94. The summed E-state index contributed by atoms with van der Waals surface area (Å²) in [6, 6.07) is 21.5. The Hall–Kier alpha value is -4.26. The molecule has 3 aromatic carbocycles. The minimum absolute atomic E-state index is 0.295. The maximum atomic E-state index is 14.4. The molecule has 4 aromatic rings. The van der Waals surface area contributed by atoms with Gasteiger partial charge in [0.05, 0.1) is 17.3 Å². The Morgan fingerprint density at radius 1 is 1.03 bits per heavy atom. The summed E-state index contributed by atoms with van der Waals surface area (Å²) in [5.74, 6) is 0.369. The van der Waals surface area contributed by atoms with Gasteiger partial charge < -0.3 is 9.84 Å². The molecule has 1 atom stereocenters. The van der Waals surface area contributed by atoms with Gasteiger partial charge in [-0.3, -0.25) is 4.90 Å². The molecule has 1 N–H and O–H groups in total. The van der Waals surface area contributed by atoms with Gasteiger partial charge in [-0.05, 0) is 49.1 Å². The van der Waals surface area contributed by atoms with Gasteiger partial charge in [0.1, 0.15) is 5.82 Å². The number of nitrogens with one attached hydrogen (secondary N) is 1. The molecule has 0 radical (unpaired) electrons. The number of aryl methyl sites for hydroxylation is 2. The summed E-state index contributed by atoms with van der Waals surface area (Å²) in [6.45, 7) is 5.59. The molecule has 0 aliphatic carbocycles. The summed E-state index contributed by atoms with van der Waals surface area (Å²) < 4.78 is 20.1. The Kier molecular flexibility index (Phi) is 5.91. The molecule has 35 heavy (non-hydrogen) atoms. The van der Waals surface area contributed by atoms with Gasteiger partial charge in [-0.1, -0.05) is 72.7 Å². The number of anilines is 1. The van der Waals surface area contributed by atoms with E-state index in [2.05, 4.69) is 22.4 Å². The topological polar surface area (TPSA) is 71.3 Å². The third-order valence-electron chi connectivity index (χ3n) is 6.31. The minimum atomic E-state index is -0.508. The first-order chi connectivity index (χ1) is 17.0. The molecule has 2 amide bonds. The monoisotopic (exact) mass is 468 g/mol. The average Bonchev–Trinajstić information content (AvgIpc) is 3.36. The number of allylic oxidation sites excluding steroid dienone is 1. The lowest BCUT2D eigenvalue weighted by Crippen LogP contribution is -2.46. The number of hydrogen-bond acceptors (Lipinski definition) is 4. The molecule has 1 aromatic heterocycles. The predicted molar refractivity (Wildman–Crippen MR) is 133 cm³/mol. The van der Waals surface area contributed by atoms with Crippen LogP contribution in [0.25, 0.3) is 17.0 Å². The van der Waals surface area contributed by atoms with Crippen LogP contribution in [-0.2, 0) is 6.42 Å². The lowest BCUT2D eigenvalue weighted by molar-refractivity contribution is 0.244. The molecular formula is C28H25FN4O2. The number of amides is 2. The van der Waals surface area contributed by atoms with Crippen LogP contribution in [0.5, 0.6) is 0 Å². The van der Waals surface area contributed by atoms with Crippen LogP contribution < -0.4 is 10.2 Å². The van der Waals surface area contributed by atoms with E-state index in [-0.39, 0.29) is 11.8 Å². The molecule has 7 heteroatoms. The van der Waals surface area contributed by atoms with Crippen LogP contribution in [0, 0.1) is 12.7 Å². The van der Waals surface area contributed by atoms with Crippen molar-refractivity contribution >= 4 is 17.3 Å². The quantitative estimate of drug-likeness (QED) is 0.365. The summed E-state index contributed by atoms with van der Waals surface area (Å²) in [5, 5.41) is 7.25. The van der Waals surface area contributed by atoms with Crippen molar-refractivity contribution < 1.29 is 13.7 Å². The number of hydrogen-bond donors (Lipinski definition) is 1. The summed E-state index contributed by atoms with van der Waals surface area (Å²) in [4.78, 5) is 19.4. The Morgan fingerprint density at radius 2 is 1.77 bits per heavy atom. The van der Waals surface area contributed by atoms with Crippen molar-refractivity contribution in [3.63, 3.8) is 0 Å². The van der Waals surface area contributed by atoms with E-state index in [1.807, 2.05) is 61.5 Å². The number of urea groups is 1. The smallest absolute Gasteiger partial charge is 0.327 e. The van der Waals surface area contributed by atoms with Gasteiger partial charge in [0, 0.05) is 11.3 Å². The number of benzene rings is 3. The number of carbonyl (C=O) groups is 1. The molecule has 0 bridgehead atoms. The van der Waals surface area contributed by atoms with E-state index in [0.717, 1.165) is 17.5 Å². The van der Waals surface area contributed by atoms with E-state index < -0.39 is 6.04 Å². The van der Waals surface area contributed by atoms with E-state index in [4.69, 9.17) is 4.52 Å². The number of rotatable bonds is 5. The van der Waals surface area contributed by atoms with Crippen molar-refractivity contribution in [2.45, 2.75) is 33.2 Å². The second-order valence-corrected chi connectivity index (χ2v) is 8.53. The summed E-state index contributed by atoms with van der Waals surface area (Å²) in [7, 11) is 0. The van der Waals surface area contributed by atoms with Gasteiger partial charge in [0.15, 0.2) is 0 Å². The van der Waals surface area contributed by atoms with E-state index in [1.54, 1.807) is 19.1 Å². The summed E-state index contributed by atoms with van der Waals surface area (Å²) in [5.41, 5.74) is 5.09. The Balaban J connectivity index is 1.63. The van der Waals surface area contributed by atoms with Crippen LogP contribution in [0.2, 0.25) is 0 Å². The van der Waals surface area contributed by atoms with Crippen molar-refractivity contribution in [3.8, 4) is 11.4 Å². The Bertz CT molecular complexity index is 1410. The standard InChI is InChI=1S/C28H25FN4O2/c1-4-19-11-13-21(14-12-19)26-31-27(35-32-26)24-18(3)33(22-15-10-17(2)23(29)16-22)28(34)30-25(24)20-8-6-5-7-9-20/h5-16,25H,4H2,1-3H3,(H,30,34). The molecule has 1 aliphatic rings. The average molecular weight is 469 g/mol. The Labute approximate surface area is 203 Å². The largest absolute Gasteiger partial charge is 0.334 e. The van der Waals surface area contributed by atoms with Crippen molar-refractivity contribution in [1.29, 1.82) is 0 Å². The van der Waals surface area contributed by atoms with Gasteiger partial charge in [0.2, 0.25) is 5.82 Å². The number of nitrogens with zero attached hydrogens (tertiary/aromatic N) is 3. The van der Waals surface area contributed by atoms with Crippen LogP contribution in [0.4, 0.5) is 14.9 Å². The molecule has 2 heterocycles. The van der Waals surface area contributed by atoms with Crippen LogP contribution in [0.1, 0.15) is 42.5 Å². The fraction of sp³-hybridized carbons (Fsp3) is 0.179. The summed E-state index contributed by atoms with van der Waals surface area (Å²) >= 11 is 0. The molecule has 0 saturated carbocycles. The zero-order chi connectivity index (χ0) is 24.5. The van der Waals surface area contributed by atoms with Gasteiger partial charge in [-0.2, -0.15) is 4.98 Å². The fourth-order valence-electron chi connectivity index (χ4n) is 4.29.